The first-order chi connectivity index (χ1) is 7.49. The molecule has 2 rings (SSSR count). The smallest absolute Gasteiger partial charge is 0.274 e. The molecular formula is C11H12ClNO3. The number of halogens is 1. The summed E-state index contributed by atoms with van der Waals surface area (Å²) < 4.78 is 0. The van der Waals surface area contributed by atoms with E-state index in [0.29, 0.717) is 10.6 Å². The SMILES string of the molecule is CC(O)C1(c2c(Cl)cccc2[N+](=O)[O-])CC1. The molecule has 1 fully saturated rings. The van der Waals surface area contributed by atoms with Crippen LogP contribution < -0.4 is 0 Å². The Bertz CT molecular complexity index is 441. The van der Waals surface area contributed by atoms with Crippen LogP contribution in [0, 0.1) is 10.1 Å². The highest BCUT2D eigenvalue weighted by Crippen LogP contribution is 2.55. The summed E-state index contributed by atoms with van der Waals surface area (Å²) in [5, 5.41) is 21.0. The quantitative estimate of drug-likeness (QED) is 0.654. The maximum atomic E-state index is 10.9. The highest BCUT2D eigenvalue weighted by atomic mass is 35.5. The number of hydrogen-bond acceptors (Lipinski definition) is 3. The van der Waals surface area contributed by atoms with Crippen LogP contribution >= 0.6 is 11.6 Å². The topological polar surface area (TPSA) is 63.4 Å². The molecule has 4 nitrogen and oxygen atoms in total. The zero-order chi connectivity index (χ0) is 11.9. The summed E-state index contributed by atoms with van der Waals surface area (Å²) in [5.74, 6) is 0. The molecule has 0 heterocycles. The van der Waals surface area contributed by atoms with Crippen molar-refractivity contribution in [2.75, 3.05) is 0 Å². The van der Waals surface area contributed by atoms with E-state index in [2.05, 4.69) is 0 Å². The molecule has 1 aromatic rings. The van der Waals surface area contributed by atoms with E-state index in [0.717, 1.165) is 12.8 Å². The van der Waals surface area contributed by atoms with Gasteiger partial charge in [-0.15, -0.1) is 0 Å². The minimum Gasteiger partial charge on any atom is -0.392 e. The Morgan fingerprint density at radius 2 is 2.19 bits per heavy atom. The predicted octanol–water partition coefficient (Wildman–Crippen LogP) is 2.66. The standard InChI is InChI=1S/C11H12ClNO3/c1-7(14)11(5-6-11)10-8(12)3-2-4-9(10)13(15)16/h2-4,7,14H,5-6H2,1H3. The molecular weight excluding hydrogens is 230 g/mol. The first kappa shape index (κ1) is 11.4. The van der Waals surface area contributed by atoms with Crippen LogP contribution in [0.25, 0.3) is 0 Å². The molecule has 16 heavy (non-hydrogen) atoms. The summed E-state index contributed by atoms with van der Waals surface area (Å²) in [6.07, 6.45) is 0.871. The van der Waals surface area contributed by atoms with Crippen molar-refractivity contribution < 1.29 is 10.0 Å². The third-order valence-electron chi connectivity index (χ3n) is 3.27. The van der Waals surface area contributed by atoms with E-state index in [1.165, 1.54) is 6.07 Å². The van der Waals surface area contributed by atoms with Gasteiger partial charge in [0.05, 0.1) is 21.6 Å². The van der Waals surface area contributed by atoms with E-state index in [1.54, 1.807) is 19.1 Å². The number of hydrogen-bond donors (Lipinski definition) is 1. The third kappa shape index (κ3) is 1.58. The molecule has 5 heteroatoms. The molecule has 0 amide bonds. The molecule has 0 saturated heterocycles. The van der Waals surface area contributed by atoms with Crippen molar-refractivity contribution in [3.8, 4) is 0 Å². The maximum Gasteiger partial charge on any atom is 0.274 e. The Labute approximate surface area is 98.0 Å². The minimum absolute atomic E-state index is 0.00546. The Morgan fingerprint density at radius 3 is 2.62 bits per heavy atom. The van der Waals surface area contributed by atoms with Gasteiger partial charge in [0.25, 0.3) is 5.69 Å². The average molecular weight is 242 g/mol. The molecule has 86 valence electrons. The van der Waals surface area contributed by atoms with Crippen molar-refractivity contribution in [2.45, 2.75) is 31.3 Å². The Hall–Kier alpha value is -1.13. The second-order valence-electron chi connectivity index (χ2n) is 4.22. The minimum atomic E-state index is -0.619. The number of nitro benzene ring substituents is 1. The number of nitrogens with zero attached hydrogens (tertiary/aromatic N) is 1. The summed E-state index contributed by atoms with van der Waals surface area (Å²) in [4.78, 5) is 10.5. The molecule has 0 aliphatic heterocycles. The van der Waals surface area contributed by atoms with E-state index in [-0.39, 0.29) is 5.69 Å². The van der Waals surface area contributed by atoms with E-state index < -0.39 is 16.4 Å². The zero-order valence-electron chi connectivity index (χ0n) is 8.81. The molecule has 1 aliphatic rings. The van der Waals surface area contributed by atoms with Crippen molar-refractivity contribution in [1.29, 1.82) is 0 Å². The summed E-state index contributed by atoms with van der Waals surface area (Å²) >= 11 is 6.03. The van der Waals surface area contributed by atoms with Crippen molar-refractivity contribution in [1.82, 2.24) is 0 Å². The molecule has 0 radical (unpaired) electrons. The van der Waals surface area contributed by atoms with E-state index in [4.69, 9.17) is 11.6 Å². The lowest BCUT2D eigenvalue weighted by atomic mass is 9.89. The van der Waals surface area contributed by atoms with Crippen LogP contribution in [0.1, 0.15) is 25.3 Å². The Kier molecular flexibility index (Phi) is 2.64. The molecule has 0 bridgehead atoms. The van der Waals surface area contributed by atoms with Gasteiger partial charge in [0.2, 0.25) is 0 Å². The van der Waals surface area contributed by atoms with Gasteiger partial charge in [0.1, 0.15) is 0 Å². The van der Waals surface area contributed by atoms with Gasteiger partial charge < -0.3 is 5.11 Å². The molecule has 0 aromatic heterocycles. The lowest BCUT2D eigenvalue weighted by Gasteiger charge is -2.20. The van der Waals surface area contributed by atoms with Crippen molar-refractivity contribution in [3.63, 3.8) is 0 Å². The van der Waals surface area contributed by atoms with Gasteiger partial charge in [0, 0.05) is 11.5 Å². The molecule has 1 unspecified atom stereocenters. The van der Waals surface area contributed by atoms with Gasteiger partial charge in [-0.2, -0.15) is 0 Å². The lowest BCUT2D eigenvalue weighted by Crippen LogP contribution is -2.24. The number of aliphatic hydroxyl groups excluding tert-OH is 1. The van der Waals surface area contributed by atoms with Crippen LogP contribution in [-0.2, 0) is 5.41 Å². The second kappa shape index (κ2) is 3.71. The Morgan fingerprint density at radius 1 is 1.56 bits per heavy atom. The summed E-state index contributed by atoms with van der Waals surface area (Å²) in [7, 11) is 0. The highest BCUT2D eigenvalue weighted by molar-refractivity contribution is 6.31. The van der Waals surface area contributed by atoms with Crippen LogP contribution in [-0.4, -0.2) is 16.1 Å². The van der Waals surface area contributed by atoms with Crippen LogP contribution in [0.4, 0.5) is 5.69 Å². The molecule has 1 atom stereocenters. The van der Waals surface area contributed by atoms with Crippen LogP contribution in [0.3, 0.4) is 0 Å². The van der Waals surface area contributed by atoms with Crippen molar-refractivity contribution >= 4 is 17.3 Å². The number of nitro groups is 1. The van der Waals surface area contributed by atoms with Gasteiger partial charge in [-0.05, 0) is 25.8 Å². The van der Waals surface area contributed by atoms with Gasteiger partial charge in [-0.25, -0.2) is 0 Å². The zero-order valence-corrected chi connectivity index (χ0v) is 9.57. The first-order valence-corrected chi connectivity index (χ1v) is 5.48. The van der Waals surface area contributed by atoms with Crippen LogP contribution in [0.2, 0.25) is 5.02 Å². The van der Waals surface area contributed by atoms with Crippen LogP contribution in [0.5, 0.6) is 0 Å². The molecule has 1 aliphatic carbocycles. The average Bonchev–Trinajstić information content (AvgIpc) is 2.98. The largest absolute Gasteiger partial charge is 0.392 e. The predicted molar refractivity (Wildman–Crippen MR) is 60.7 cm³/mol. The molecule has 0 spiro atoms. The van der Waals surface area contributed by atoms with E-state index >= 15 is 0 Å². The second-order valence-corrected chi connectivity index (χ2v) is 4.63. The fraction of sp³-hybridized carbons (Fsp3) is 0.455. The summed E-state index contributed by atoms with van der Waals surface area (Å²) in [6.45, 7) is 1.65. The summed E-state index contributed by atoms with van der Waals surface area (Å²) in [5.41, 5.74) is -0.0247. The maximum absolute atomic E-state index is 10.9. The lowest BCUT2D eigenvalue weighted by molar-refractivity contribution is -0.386. The van der Waals surface area contributed by atoms with Gasteiger partial charge in [-0.3, -0.25) is 10.1 Å². The number of rotatable bonds is 3. The highest BCUT2D eigenvalue weighted by Gasteiger charge is 2.52. The van der Waals surface area contributed by atoms with E-state index in [1.807, 2.05) is 0 Å². The first-order valence-electron chi connectivity index (χ1n) is 5.10. The van der Waals surface area contributed by atoms with Gasteiger partial charge in [0.15, 0.2) is 0 Å². The van der Waals surface area contributed by atoms with Crippen molar-refractivity contribution in [3.05, 3.63) is 38.9 Å². The normalized spacial score (nSPS) is 19.2. The van der Waals surface area contributed by atoms with Gasteiger partial charge in [-0.1, -0.05) is 17.7 Å². The fourth-order valence-corrected chi connectivity index (χ4v) is 2.53. The molecule has 1 N–H and O–H groups in total. The van der Waals surface area contributed by atoms with Gasteiger partial charge >= 0.3 is 0 Å². The third-order valence-corrected chi connectivity index (χ3v) is 3.59. The molecule has 1 aromatic carbocycles. The van der Waals surface area contributed by atoms with Crippen molar-refractivity contribution in [2.24, 2.45) is 0 Å². The number of benzene rings is 1. The summed E-state index contributed by atoms with van der Waals surface area (Å²) in [6, 6.07) is 4.62. The monoisotopic (exact) mass is 241 g/mol. The molecule has 1 saturated carbocycles. The Balaban J connectivity index is 2.59. The van der Waals surface area contributed by atoms with E-state index in [9.17, 15) is 15.2 Å². The fourth-order valence-electron chi connectivity index (χ4n) is 2.17. The number of aliphatic hydroxyl groups is 1. The van der Waals surface area contributed by atoms with Crippen LogP contribution in [0.15, 0.2) is 18.2 Å².